The van der Waals surface area contributed by atoms with E-state index < -0.39 is 10.0 Å². The van der Waals surface area contributed by atoms with Crippen molar-refractivity contribution in [1.82, 2.24) is 28.8 Å². The van der Waals surface area contributed by atoms with Gasteiger partial charge in [0.1, 0.15) is 0 Å². The Hall–Kier alpha value is -2.76. The molecule has 0 saturated carbocycles. The molecule has 1 aliphatic heterocycles. The number of hydrogen-bond acceptors (Lipinski definition) is 6. The fraction of sp³-hybridized carbons (Fsp3) is 0.389. The fourth-order valence-corrected chi connectivity index (χ4v) is 4.57. The second-order valence-electron chi connectivity index (χ2n) is 6.76. The van der Waals surface area contributed by atoms with E-state index in [-0.39, 0.29) is 18.2 Å². The van der Waals surface area contributed by atoms with Gasteiger partial charge in [0.05, 0.1) is 30.2 Å². The van der Waals surface area contributed by atoms with Crippen LogP contribution in [-0.4, -0.2) is 76.4 Å². The van der Waals surface area contributed by atoms with Crippen molar-refractivity contribution >= 4 is 21.6 Å². The summed E-state index contributed by atoms with van der Waals surface area (Å²) in [6.07, 6.45) is 3.56. The third-order valence-electron chi connectivity index (χ3n) is 4.85. The Balaban J connectivity index is 1.45. The minimum absolute atomic E-state index is 0.0312. The second-order valence-corrected chi connectivity index (χ2v) is 8.85. The number of morpholine rings is 1. The van der Waals surface area contributed by atoms with Gasteiger partial charge in [-0.2, -0.15) is 4.31 Å². The first-order valence-corrected chi connectivity index (χ1v) is 10.9. The van der Waals surface area contributed by atoms with Crippen LogP contribution in [0.4, 0.5) is 0 Å². The summed E-state index contributed by atoms with van der Waals surface area (Å²) in [4.78, 5) is 12.5. The molecule has 0 spiro atoms. The van der Waals surface area contributed by atoms with E-state index in [0.717, 1.165) is 5.69 Å². The zero-order valence-corrected chi connectivity index (χ0v) is 16.8. The predicted molar refractivity (Wildman–Crippen MR) is 106 cm³/mol. The molecule has 1 amide bonds. The highest BCUT2D eigenvalue weighted by atomic mass is 32.2. The van der Waals surface area contributed by atoms with E-state index in [1.54, 1.807) is 22.7 Å². The molecule has 0 bridgehead atoms. The summed E-state index contributed by atoms with van der Waals surface area (Å²) in [7, 11) is -1.51. The molecule has 0 aliphatic carbocycles. The van der Waals surface area contributed by atoms with Crippen LogP contribution in [0.3, 0.4) is 0 Å². The van der Waals surface area contributed by atoms with Crippen LogP contribution in [0, 0.1) is 0 Å². The number of aryl methyl sites for hydroxylation is 1. The third-order valence-corrected chi connectivity index (χ3v) is 6.72. The van der Waals surface area contributed by atoms with Crippen LogP contribution in [0.5, 0.6) is 0 Å². The van der Waals surface area contributed by atoms with E-state index in [4.69, 9.17) is 4.74 Å². The Bertz CT molecular complexity index is 1130. The number of sulfonamides is 1. The van der Waals surface area contributed by atoms with Gasteiger partial charge in [0.15, 0.2) is 11.5 Å². The average Bonchev–Trinajstić information content (AvgIpc) is 3.33. The Morgan fingerprint density at radius 1 is 1.21 bits per heavy atom. The highest BCUT2D eigenvalue weighted by molar-refractivity contribution is 7.89. The summed E-state index contributed by atoms with van der Waals surface area (Å²) in [5.74, 6) is 0.120. The van der Waals surface area contributed by atoms with Gasteiger partial charge in [0.25, 0.3) is 5.91 Å². The maximum Gasteiger partial charge on any atom is 0.252 e. The van der Waals surface area contributed by atoms with E-state index >= 15 is 0 Å². The van der Waals surface area contributed by atoms with Gasteiger partial charge in [0.2, 0.25) is 10.0 Å². The van der Waals surface area contributed by atoms with Crippen molar-refractivity contribution in [1.29, 1.82) is 0 Å². The number of carbonyl (C=O) groups is 1. The van der Waals surface area contributed by atoms with Crippen molar-refractivity contribution in [2.24, 2.45) is 7.05 Å². The number of hydrogen-bond donors (Lipinski definition) is 1. The second kappa shape index (κ2) is 7.93. The molecule has 3 aromatic heterocycles. The lowest BCUT2D eigenvalue weighted by atomic mass is 10.2. The van der Waals surface area contributed by atoms with Crippen molar-refractivity contribution in [3.63, 3.8) is 0 Å². The monoisotopic (exact) mass is 418 g/mol. The van der Waals surface area contributed by atoms with Crippen LogP contribution in [0.1, 0.15) is 10.4 Å². The Labute approximate surface area is 168 Å². The van der Waals surface area contributed by atoms with Gasteiger partial charge in [-0.05, 0) is 24.3 Å². The maximum absolute atomic E-state index is 12.5. The van der Waals surface area contributed by atoms with Crippen molar-refractivity contribution in [3.05, 3.63) is 42.2 Å². The van der Waals surface area contributed by atoms with Crippen LogP contribution in [0.15, 0.2) is 36.7 Å². The quantitative estimate of drug-likeness (QED) is 0.609. The predicted octanol–water partition coefficient (Wildman–Crippen LogP) is 0.127. The number of fused-ring (bicyclic) bond motifs is 1. The standard InChI is InChI=1S/C18H22N6O4S/c1-22-7-2-3-15(22)17-21-20-16-5-4-14(13-24(16)17)18(25)19-6-12-29(26,27)23-8-10-28-11-9-23/h2-5,7,13H,6,8-12H2,1H3,(H,19,25). The van der Waals surface area contributed by atoms with Gasteiger partial charge in [0, 0.05) is 39.1 Å². The normalized spacial score (nSPS) is 15.6. The molecule has 0 atom stereocenters. The number of ether oxygens (including phenoxy) is 1. The number of nitrogens with one attached hydrogen (secondary N) is 1. The lowest BCUT2D eigenvalue weighted by Crippen LogP contribution is -2.43. The molecule has 0 unspecified atom stereocenters. The zero-order valence-electron chi connectivity index (χ0n) is 16.0. The fourth-order valence-electron chi connectivity index (χ4n) is 3.24. The average molecular weight is 418 g/mol. The van der Waals surface area contributed by atoms with Crippen LogP contribution in [0.25, 0.3) is 17.2 Å². The SMILES string of the molecule is Cn1cccc1-c1nnc2ccc(C(=O)NCCS(=O)(=O)N3CCOCC3)cn12. The van der Waals surface area contributed by atoms with Gasteiger partial charge in [-0.3, -0.25) is 9.20 Å². The molecule has 4 rings (SSSR count). The molecular weight excluding hydrogens is 396 g/mol. The summed E-state index contributed by atoms with van der Waals surface area (Å²) >= 11 is 0. The molecule has 10 nitrogen and oxygen atoms in total. The molecule has 1 aliphatic rings. The Morgan fingerprint density at radius 2 is 2.00 bits per heavy atom. The zero-order chi connectivity index (χ0) is 20.4. The van der Waals surface area contributed by atoms with E-state index in [1.165, 1.54) is 4.31 Å². The first-order chi connectivity index (χ1) is 14.0. The molecule has 1 saturated heterocycles. The lowest BCUT2D eigenvalue weighted by Gasteiger charge is -2.26. The molecule has 29 heavy (non-hydrogen) atoms. The van der Waals surface area contributed by atoms with Crippen LogP contribution >= 0.6 is 0 Å². The van der Waals surface area contributed by atoms with Crippen molar-refractivity contribution in [2.75, 3.05) is 38.6 Å². The van der Waals surface area contributed by atoms with Crippen molar-refractivity contribution < 1.29 is 17.9 Å². The number of rotatable bonds is 6. The van der Waals surface area contributed by atoms with Crippen molar-refractivity contribution in [2.45, 2.75) is 0 Å². The number of carbonyl (C=O) groups excluding carboxylic acids is 1. The van der Waals surface area contributed by atoms with Crippen LogP contribution in [-0.2, 0) is 21.8 Å². The van der Waals surface area contributed by atoms with E-state index in [9.17, 15) is 13.2 Å². The van der Waals surface area contributed by atoms with Gasteiger partial charge in [-0.15, -0.1) is 10.2 Å². The van der Waals surface area contributed by atoms with Crippen LogP contribution in [0.2, 0.25) is 0 Å². The van der Waals surface area contributed by atoms with Crippen LogP contribution < -0.4 is 5.32 Å². The van der Waals surface area contributed by atoms with Crippen molar-refractivity contribution in [3.8, 4) is 11.5 Å². The number of aromatic nitrogens is 4. The largest absolute Gasteiger partial charge is 0.379 e. The maximum atomic E-state index is 12.5. The molecule has 1 fully saturated rings. The number of pyridine rings is 1. The summed E-state index contributed by atoms with van der Waals surface area (Å²) in [6.45, 7) is 1.52. The molecule has 11 heteroatoms. The Kier molecular flexibility index (Phi) is 5.35. The first-order valence-electron chi connectivity index (χ1n) is 9.26. The molecule has 3 aromatic rings. The minimum Gasteiger partial charge on any atom is -0.379 e. The van der Waals surface area contributed by atoms with Gasteiger partial charge >= 0.3 is 0 Å². The highest BCUT2D eigenvalue weighted by Crippen LogP contribution is 2.19. The third kappa shape index (κ3) is 4.02. The van der Waals surface area contributed by atoms with Gasteiger partial charge in [-0.25, -0.2) is 8.42 Å². The van der Waals surface area contributed by atoms with Gasteiger partial charge in [-0.1, -0.05) is 0 Å². The summed E-state index contributed by atoms with van der Waals surface area (Å²) in [6, 6.07) is 7.17. The first kappa shape index (κ1) is 19.6. The highest BCUT2D eigenvalue weighted by Gasteiger charge is 2.24. The molecule has 4 heterocycles. The summed E-state index contributed by atoms with van der Waals surface area (Å²) < 4.78 is 34.9. The number of nitrogens with zero attached hydrogens (tertiary/aromatic N) is 5. The number of amides is 1. The van der Waals surface area contributed by atoms with E-state index in [2.05, 4.69) is 15.5 Å². The lowest BCUT2D eigenvalue weighted by molar-refractivity contribution is 0.0730. The summed E-state index contributed by atoms with van der Waals surface area (Å²) in [5, 5.41) is 11.0. The Morgan fingerprint density at radius 3 is 2.72 bits per heavy atom. The molecule has 0 radical (unpaired) electrons. The topological polar surface area (TPSA) is 111 Å². The molecule has 1 N–H and O–H groups in total. The van der Waals surface area contributed by atoms with Gasteiger partial charge < -0.3 is 14.6 Å². The minimum atomic E-state index is -3.42. The van der Waals surface area contributed by atoms with E-state index in [0.29, 0.717) is 43.3 Å². The van der Waals surface area contributed by atoms with E-state index in [1.807, 2.05) is 29.9 Å². The molecular formula is C18H22N6O4S. The molecule has 0 aromatic carbocycles. The summed E-state index contributed by atoms with van der Waals surface area (Å²) in [5.41, 5.74) is 1.89. The smallest absolute Gasteiger partial charge is 0.252 e. The molecule has 154 valence electrons.